The molecule has 0 aliphatic rings. The highest BCUT2D eigenvalue weighted by atomic mass is 16.4. The zero-order valence-electron chi connectivity index (χ0n) is 8.16. The highest BCUT2D eigenvalue weighted by molar-refractivity contribution is 5.70. The number of hydrogen-bond donors (Lipinski definition) is 1. The molecule has 0 amide bonds. The predicted octanol–water partition coefficient (Wildman–Crippen LogP) is 0.387. The lowest BCUT2D eigenvalue weighted by Crippen LogP contribution is -2.12. The molecule has 0 aliphatic carbocycles. The number of carbonyl (C=O) groups is 1. The second kappa shape index (κ2) is 3.64. The van der Waals surface area contributed by atoms with E-state index in [0.717, 1.165) is 5.56 Å². The lowest BCUT2D eigenvalue weighted by molar-refractivity contribution is -0.141. The topological polar surface area (TPSA) is 80.4 Å². The van der Waals surface area contributed by atoms with E-state index in [0.29, 0.717) is 12.1 Å². The van der Waals surface area contributed by atoms with Crippen LogP contribution in [0.15, 0.2) is 18.3 Å². The van der Waals surface area contributed by atoms with Crippen LogP contribution in [-0.4, -0.2) is 31.1 Å². The fourth-order valence-corrected chi connectivity index (χ4v) is 1.40. The zero-order chi connectivity index (χ0) is 10.8. The standard InChI is InChI=1S/C9H10N4O2/c1-6(9(14)15)5-7-3-2-4-13-8(7)10-11-12-13/h2-4,6H,5H2,1H3,(H,14,15). The fourth-order valence-electron chi connectivity index (χ4n) is 1.40. The van der Waals surface area contributed by atoms with Crippen LogP contribution in [0.5, 0.6) is 0 Å². The van der Waals surface area contributed by atoms with Crippen LogP contribution in [0.4, 0.5) is 0 Å². The molecule has 0 aromatic carbocycles. The van der Waals surface area contributed by atoms with E-state index in [2.05, 4.69) is 15.5 Å². The molecule has 1 N–H and O–H groups in total. The van der Waals surface area contributed by atoms with E-state index in [1.54, 1.807) is 19.2 Å². The minimum Gasteiger partial charge on any atom is -0.481 e. The molecule has 0 bridgehead atoms. The number of tetrazole rings is 1. The van der Waals surface area contributed by atoms with Crippen molar-refractivity contribution in [3.8, 4) is 0 Å². The minimum atomic E-state index is -0.815. The SMILES string of the molecule is CC(Cc1cccn2nnnc12)C(=O)O. The van der Waals surface area contributed by atoms with Gasteiger partial charge in [-0.3, -0.25) is 4.79 Å². The molecule has 2 heterocycles. The van der Waals surface area contributed by atoms with Crippen LogP contribution in [-0.2, 0) is 11.2 Å². The minimum absolute atomic E-state index is 0.431. The molecule has 6 nitrogen and oxygen atoms in total. The van der Waals surface area contributed by atoms with Crippen molar-refractivity contribution >= 4 is 11.6 Å². The van der Waals surface area contributed by atoms with E-state index in [4.69, 9.17) is 5.11 Å². The third-order valence-corrected chi connectivity index (χ3v) is 2.25. The van der Waals surface area contributed by atoms with Crippen molar-refractivity contribution < 1.29 is 9.90 Å². The van der Waals surface area contributed by atoms with E-state index >= 15 is 0 Å². The van der Waals surface area contributed by atoms with Crippen molar-refractivity contribution in [1.29, 1.82) is 0 Å². The largest absolute Gasteiger partial charge is 0.481 e. The molecule has 0 saturated heterocycles. The first-order valence-electron chi connectivity index (χ1n) is 4.57. The summed E-state index contributed by atoms with van der Waals surface area (Å²) in [5.74, 6) is -1.25. The summed E-state index contributed by atoms with van der Waals surface area (Å²) in [6.45, 7) is 1.66. The number of pyridine rings is 1. The van der Waals surface area contributed by atoms with Crippen LogP contribution in [0.2, 0.25) is 0 Å². The normalized spacial score (nSPS) is 12.9. The average molecular weight is 206 g/mol. The van der Waals surface area contributed by atoms with Gasteiger partial charge in [0.15, 0.2) is 5.65 Å². The van der Waals surface area contributed by atoms with Crippen molar-refractivity contribution in [2.24, 2.45) is 5.92 Å². The Morgan fingerprint density at radius 3 is 3.20 bits per heavy atom. The predicted molar refractivity (Wildman–Crippen MR) is 51.3 cm³/mol. The van der Waals surface area contributed by atoms with Crippen LogP contribution >= 0.6 is 0 Å². The van der Waals surface area contributed by atoms with Gasteiger partial charge in [0.25, 0.3) is 0 Å². The molecule has 2 aromatic heterocycles. The fraction of sp³-hybridized carbons (Fsp3) is 0.333. The zero-order valence-corrected chi connectivity index (χ0v) is 8.16. The van der Waals surface area contributed by atoms with Crippen molar-refractivity contribution in [3.05, 3.63) is 23.9 Å². The van der Waals surface area contributed by atoms with E-state index in [-0.39, 0.29) is 0 Å². The van der Waals surface area contributed by atoms with Gasteiger partial charge in [-0.25, -0.2) is 4.52 Å². The highest BCUT2D eigenvalue weighted by Crippen LogP contribution is 2.12. The first-order valence-corrected chi connectivity index (χ1v) is 4.57. The summed E-state index contributed by atoms with van der Waals surface area (Å²) in [5.41, 5.74) is 1.46. The summed E-state index contributed by atoms with van der Waals surface area (Å²) in [5, 5.41) is 19.9. The average Bonchev–Trinajstić information content (AvgIpc) is 2.66. The first kappa shape index (κ1) is 9.57. The molecular formula is C9H10N4O2. The molecule has 0 saturated carbocycles. The van der Waals surface area contributed by atoms with Crippen molar-refractivity contribution in [2.45, 2.75) is 13.3 Å². The van der Waals surface area contributed by atoms with Gasteiger partial charge < -0.3 is 5.11 Å². The molecular weight excluding hydrogens is 196 g/mol. The van der Waals surface area contributed by atoms with Crippen LogP contribution in [0.1, 0.15) is 12.5 Å². The molecule has 0 aliphatic heterocycles. The van der Waals surface area contributed by atoms with Gasteiger partial charge in [0.05, 0.1) is 5.92 Å². The van der Waals surface area contributed by atoms with Crippen LogP contribution in [0, 0.1) is 5.92 Å². The summed E-state index contributed by atoms with van der Waals surface area (Å²) in [6.07, 6.45) is 2.16. The Kier molecular flexibility index (Phi) is 2.32. The number of hydrogen-bond acceptors (Lipinski definition) is 4. The summed E-state index contributed by atoms with van der Waals surface area (Å²) >= 11 is 0. The lowest BCUT2D eigenvalue weighted by Gasteiger charge is -2.05. The molecule has 78 valence electrons. The number of carboxylic acids is 1. The lowest BCUT2D eigenvalue weighted by atomic mass is 10.0. The number of rotatable bonds is 3. The third-order valence-electron chi connectivity index (χ3n) is 2.25. The Hall–Kier alpha value is -1.98. The Morgan fingerprint density at radius 2 is 2.47 bits per heavy atom. The molecule has 1 atom stereocenters. The molecule has 0 fully saturated rings. The van der Waals surface area contributed by atoms with Crippen LogP contribution in [0.3, 0.4) is 0 Å². The van der Waals surface area contributed by atoms with Gasteiger partial charge in [-0.05, 0) is 28.5 Å². The van der Waals surface area contributed by atoms with E-state index in [9.17, 15) is 4.79 Å². The molecule has 15 heavy (non-hydrogen) atoms. The van der Waals surface area contributed by atoms with Gasteiger partial charge in [0.2, 0.25) is 0 Å². The molecule has 6 heteroatoms. The van der Waals surface area contributed by atoms with Gasteiger partial charge in [-0.1, -0.05) is 13.0 Å². The number of fused-ring (bicyclic) bond motifs is 1. The second-order valence-corrected chi connectivity index (χ2v) is 3.42. The van der Waals surface area contributed by atoms with Crippen molar-refractivity contribution in [3.63, 3.8) is 0 Å². The number of nitrogens with zero attached hydrogens (tertiary/aromatic N) is 4. The van der Waals surface area contributed by atoms with Gasteiger partial charge >= 0.3 is 5.97 Å². The smallest absolute Gasteiger partial charge is 0.306 e. The summed E-state index contributed by atoms with van der Waals surface area (Å²) in [4.78, 5) is 10.7. The summed E-state index contributed by atoms with van der Waals surface area (Å²) in [6, 6.07) is 3.64. The van der Waals surface area contributed by atoms with E-state index in [1.807, 2.05) is 6.07 Å². The second-order valence-electron chi connectivity index (χ2n) is 3.42. The Bertz CT molecular complexity index is 494. The molecule has 0 radical (unpaired) electrons. The maximum Gasteiger partial charge on any atom is 0.306 e. The number of aliphatic carboxylic acids is 1. The van der Waals surface area contributed by atoms with E-state index < -0.39 is 11.9 Å². The van der Waals surface area contributed by atoms with Crippen molar-refractivity contribution in [2.75, 3.05) is 0 Å². The van der Waals surface area contributed by atoms with Gasteiger partial charge in [-0.15, -0.1) is 5.10 Å². The molecule has 2 aromatic rings. The molecule has 0 spiro atoms. The Labute approximate surface area is 85.5 Å². The van der Waals surface area contributed by atoms with Crippen LogP contribution in [0.25, 0.3) is 5.65 Å². The first-order chi connectivity index (χ1) is 7.18. The summed E-state index contributed by atoms with van der Waals surface area (Å²) in [7, 11) is 0. The number of carboxylic acid groups (broad SMARTS) is 1. The van der Waals surface area contributed by atoms with E-state index in [1.165, 1.54) is 4.52 Å². The maximum absolute atomic E-state index is 10.7. The van der Waals surface area contributed by atoms with Gasteiger partial charge in [-0.2, -0.15) is 0 Å². The quantitative estimate of drug-likeness (QED) is 0.785. The maximum atomic E-state index is 10.7. The Balaban J connectivity index is 2.35. The third kappa shape index (κ3) is 1.78. The summed E-state index contributed by atoms with van der Waals surface area (Å²) < 4.78 is 1.53. The van der Waals surface area contributed by atoms with Crippen LogP contribution < -0.4 is 0 Å². The Morgan fingerprint density at radius 1 is 1.67 bits per heavy atom. The molecule has 1 unspecified atom stereocenters. The number of aromatic nitrogens is 4. The van der Waals surface area contributed by atoms with Gasteiger partial charge in [0.1, 0.15) is 0 Å². The monoisotopic (exact) mass is 206 g/mol. The molecule has 2 rings (SSSR count). The highest BCUT2D eigenvalue weighted by Gasteiger charge is 2.14. The van der Waals surface area contributed by atoms with Crippen molar-refractivity contribution in [1.82, 2.24) is 20.0 Å². The van der Waals surface area contributed by atoms with Gasteiger partial charge in [0, 0.05) is 6.20 Å².